The number of nitrogens with zero attached hydrogens (tertiary/aromatic N) is 2. The first-order chi connectivity index (χ1) is 8.31. The molecule has 17 heavy (non-hydrogen) atoms. The van der Waals surface area contributed by atoms with Crippen LogP contribution in [0.4, 0.5) is 0 Å². The van der Waals surface area contributed by atoms with E-state index in [1.54, 1.807) is 11.3 Å². The summed E-state index contributed by atoms with van der Waals surface area (Å²) >= 11 is 3.63. The summed E-state index contributed by atoms with van der Waals surface area (Å²) in [7, 11) is 0. The molecule has 1 saturated heterocycles. The average molecular weight is 267 g/mol. The van der Waals surface area contributed by atoms with E-state index in [1.165, 1.54) is 29.9 Å². The molecule has 0 bridgehead atoms. The molecule has 0 radical (unpaired) electrons. The van der Waals surface area contributed by atoms with Crippen LogP contribution >= 0.6 is 23.1 Å². The maximum Gasteiger partial charge on any atom is 0.157 e. The van der Waals surface area contributed by atoms with Crippen molar-refractivity contribution < 1.29 is 0 Å². The zero-order chi connectivity index (χ0) is 11.7. The van der Waals surface area contributed by atoms with Crippen LogP contribution in [0.5, 0.6) is 0 Å². The smallest absolute Gasteiger partial charge is 0.157 e. The first-order valence-electron chi connectivity index (χ1n) is 6.16. The van der Waals surface area contributed by atoms with E-state index in [9.17, 15) is 0 Å². The van der Waals surface area contributed by atoms with Crippen LogP contribution < -0.4 is 5.32 Å². The summed E-state index contributed by atoms with van der Waals surface area (Å²) < 4.78 is 0. The molecule has 0 aromatic carbocycles. The molecule has 1 saturated carbocycles. The van der Waals surface area contributed by atoms with Gasteiger partial charge in [0.15, 0.2) is 5.17 Å². The quantitative estimate of drug-likeness (QED) is 0.895. The third-order valence-electron chi connectivity index (χ3n) is 3.45. The van der Waals surface area contributed by atoms with Crippen molar-refractivity contribution in [1.29, 1.82) is 0 Å². The first-order valence-corrected chi connectivity index (χ1v) is 7.96. The van der Waals surface area contributed by atoms with Crippen molar-refractivity contribution in [2.24, 2.45) is 10.9 Å². The van der Waals surface area contributed by atoms with Crippen LogP contribution in [-0.2, 0) is 6.54 Å². The van der Waals surface area contributed by atoms with E-state index >= 15 is 0 Å². The predicted molar refractivity (Wildman–Crippen MR) is 74.7 cm³/mol. The van der Waals surface area contributed by atoms with Crippen molar-refractivity contribution in [3.63, 3.8) is 0 Å². The first kappa shape index (κ1) is 11.5. The highest BCUT2D eigenvalue weighted by Crippen LogP contribution is 2.32. The third kappa shape index (κ3) is 2.65. The van der Waals surface area contributed by atoms with Crippen molar-refractivity contribution in [2.75, 3.05) is 5.75 Å². The second kappa shape index (κ2) is 4.98. The molecule has 2 fully saturated rings. The molecule has 1 N–H and O–H groups in total. The zero-order valence-corrected chi connectivity index (χ0v) is 11.6. The van der Waals surface area contributed by atoms with Crippen LogP contribution in [0.2, 0.25) is 0 Å². The molecule has 1 aliphatic carbocycles. The molecule has 1 aliphatic heterocycles. The third-order valence-corrected chi connectivity index (χ3v) is 5.46. The van der Waals surface area contributed by atoms with E-state index in [2.05, 4.69) is 15.3 Å². The molecular weight excluding hydrogens is 250 g/mol. The molecule has 1 aromatic heterocycles. The molecular formula is C12H17N3S2. The number of aliphatic imine (C=N–C) groups is 1. The fourth-order valence-electron chi connectivity index (χ4n) is 2.53. The molecule has 2 aliphatic rings. The summed E-state index contributed by atoms with van der Waals surface area (Å²) in [5.41, 5.74) is 0. The zero-order valence-electron chi connectivity index (χ0n) is 9.98. The Kier molecular flexibility index (Phi) is 3.38. The number of thioether (sulfide) groups is 1. The van der Waals surface area contributed by atoms with Gasteiger partial charge in [-0.3, -0.25) is 4.99 Å². The lowest BCUT2D eigenvalue weighted by atomic mass is 10.1. The molecule has 2 atom stereocenters. The standard InChI is InChI=1S/C12H17N3S2/c1-8-13-5-10(17-8)6-14-12-15-11-4-2-3-9(11)7-16-12/h5,9,11H,2-4,6-7H2,1H3,(H,14,15). The molecule has 0 amide bonds. The van der Waals surface area contributed by atoms with E-state index in [1.807, 2.05) is 24.9 Å². The van der Waals surface area contributed by atoms with E-state index in [0.717, 1.165) is 22.6 Å². The second-order valence-corrected chi connectivity index (χ2v) is 7.05. The number of aryl methyl sites for hydroxylation is 1. The Balaban J connectivity index is 1.61. The van der Waals surface area contributed by atoms with Gasteiger partial charge in [0, 0.05) is 22.9 Å². The van der Waals surface area contributed by atoms with Gasteiger partial charge in [0.2, 0.25) is 0 Å². The molecule has 3 nitrogen and oxygen atoms in total. The average Bonchev–Trinajstić information content (AvgIpc) is 2.94. The van der Waals surface area contributed by atoms with Crippen LogP contribution in [0.25, 0.3) is 0 Å². The second-order valence-electron chi connectivity index (χ2n) is 4.72. The van der Waals surface area contributed by atoms with Crippen LogP contribution in [0.15, 0.2) is 11.2 Å². The number of hydrogen-bond donors (Lipinski definition) is 1. The van der Waals surface area contributed by atoms with Crippen LogP contribution in [0.3, 0.4) is 0 Å². The van der Waals surface area contributed by atoms with Gasteiger partial charge in [0.05, 0.1) is 11.6 Å². The van der Waals surface area contributed by atoms with Gasteiger partial charge in [-0.2, -0.15) is 0 Å². The van der Waals surface area contributed by atoms with Crippen LogP contribution in [-0.4, -0.2) is 21.9 Å². The highest BCUT2D eigenvalue weighted by molar-refractivity contribution is 8.13. The van der Waals surface area contributed by atoms with Gasteiger partial charge in [-0.1, -0.05) is 18.2 Å². The highest BCUT2D eigenvalue weighted by Gasteiger charge is 2.31. The maximum absolute atomic E-state index is 4.67. The topological polar surface area (TPSA) is 37.3 Å². The summed E-state index contributed by atoms with van der Waals surface area (Å²) in [5, 5.41) is 5.85. The molecule has 5 heteroatoms. The fraction of sp³-hybridized carbons (Fsp3) is 0.667. The number of nitrogens with one attached hydrogen (secondary N) is 1. The predicted octanol–water partition coefficient (Wildman–Crippen LogP) is 2.81. The van der Waals surface area contributed by atoms with Crippen molar-refractivity contribution in [3.05, 3.63) is 16.1 Å². The Hall–Kier alpha value is -0.550. The summed E-state index contributed by atoms with van der Waals surface area (Å²) in [5.74, 6) is 2.13. The summed E-state index contributed by atoms with van der Waals surface area (Å²) in [6.07, 6.45) is 6.04. The minimum Gasteiger partial charge on any atom is -0.362 e. The fourth-order valence-corrected chi connectivity index (χ4v) is 4.41. The van der Waals surface area contributed by atoms with Gasteiger partial charge in [0.25, 0.3) is 0 Å². The van der Waals surface area contributed by atoms with Gasteiger partial charge in [0.1, 0.15) is 0 Å². The largest absolute Gasteiger partial charge is 0.362 e. The Morgan fingerprint density at radius 2 is 2.47 bits per heavy atom. The SMILES string of the molecule is Cc1ncc(CN=C2NC3CCCC3CS2)s1. The molecule has 3 rings (SSSR count). The lowest BCUT2D eigenvalue weighted by Gasteiger charge is -2.27. The lowest BCUT2D eigenvalue weighted by Crippen LogP contribution is -2.41. The highest BCUT2D eigenvalue weighted by atomic mass is 32.2. The summed E-state index contributed by atoms with van der Waals surface area (Å²) in [6, 6.07) is 0.693. The molecule has 2 unspecified atom stereocenters. The van der Waals surface area contributed by atoms with E-state index in [-0.39, 0.29) is 0 Å². The van der Waals surface area contributed by atoms with E-state index in [4.69, 9.17) is 0 Å². The van der Waals surface area contributed by atoms with Gasteiger partial charge >= 0.3 is 0 Å². The Bertz CT molecular complexity index is 427. The Morgan fingerprint density at radius 1 is 1.53 bits per heavy atom. The Morgan fingerprint density at radius 3 is 3.29 bits per heavy atom. The number of fused-ring (bicyclic) bond motifs is 1. The van der Waals surface area contributed by atoms with Crippen LogP contribution in [0, 0.1) is 12.8 Å². The minimum atomic E-state index is 0.693. The van der Waals surface area contributed by atoms with Gasteiger partial charge in [-0.15, -0.1) is 11.3 Å². The van der Waals surface area contributed by atoms with Gasteiger partial charge in [-0.05, 0) is 25.7 Å². The molecule has 2 heterocycles. The van der Waals surface area contributed by atoms with E-state index in [0.29, 0.717) is 6.04 Å². The monoisotopic (exact) mass is 267 g/mol. The molecule has 1 aromatic rings. The van der Waals surface area contributed by atoms with Crippen molar-refractivity contribution in [2.45, 2.75) is 38.8 Å². The van der Waals surface area contributed by atoms with E-state index < -0.39 is 0 Å². The van der Waals surface area contributed by atoms with Crippen molar-refractivity contribution >= 4 is 28.3 Å². The number of aromatic nitrogens is 1. The molecule has 92 valence electrons. The number of hydrogen-bond acceptors (Lipinski definition) is 4. The normalized spacial score (nSPS) is 30.3. The summed E-state index contributed by atoms with van der Waals surface area (Å²) in [6.45, 7) is 2.82. The Labute approximate surface area is 110 Å². The maximum atomic E-state index is 4.67. The van der Waals surface area contributed by atoms with Gasteiger partial charge in [-0.25, -0.2) is 4.98 Å². The van der Waals surface area contributed by atoms with Gasteiger partial charge < -0.3 is 5.32 Å². The molecule has 0 spiro atoms. The summed E-state index contributed by atoms with van der Waals surface area (Å²) in [4.78, 5) is 10.2. The number of thiazole rings is 1. The number of amidine groups is 1. The van der Waals surface area contributed by atoms with Crippen molar-refractivity contribution in [1.82, 2.24) is 10.3 Å². The van der Waals surface area contributed by atoms with Crippen molar-refractivity contribution in [3.8, 4) is 0 Å². The minimum absolute atomic E-state index is 0.693. The number of rotatable bonds is 2. The van der Waals surface area contributed by atoms with Crippen LogP contribution in [0.1, 0.15) is 29.1 Å². The lowest BCUT2D eigenvalue weighted by molar-refractivity contribution is 0.490.